The fourth-order valence-corrected chi connectivity index (χ4v) is 6.00. The zero-order chi connectivity index (χ0) is 16.1. The highest BCUT2D eigenvalue weighted by atomic mass is 32.2. The lowest BCUT2D eigenvalue weighted by Crippen LogP contribution is -1.92. The Morgan fingerprint density at radius 3 is 1.67 bits per heavy atom. The molecule has 3 nitrogen and oxygen atoms in total. The van der Waals surface area contributed by atoms with Crippen molar-refractivity contribution < 1.29 is 0 Å². The Morgan fingerprint density at radius 1 is 0.750 bits per heavy atom. The summed E-state index contributed by atoms with van der Waals surface area (Å²) < 4.78 is 2.07. The van der Waals surface area contributed by atoms with Crippen LogP contribution in [-0.2, 0) is 0 Å². The van der Waals surface area contributed by atoms with Crippen LogP contribution in [0.2, 0.25) is 0 Å². The quantitative estimate of drug-likeness (QED) is 0.391. The summed E-state index contributed by atoms with van der Waals surface area (Å²) in [6.45, 7) is 0. The first-order valence-corrected chi connectivity index (χ1v) is 10.5. The Kier molecular flexibility index (Phi) is 3.34. The molecule has 0 radical (unpaired) electrons. The molecular weight excluding hydrogens is 376 g/mol. The lowest BCUT2D eigenvalue weighted by atomic mass is 10.2. The van der Waals surface area contributed by atoms with E-state index in [4.69, 9.17) is 9.97 Å². The summed E-state index contributed by atoms with van der Waals surface area (Å²) in [6.07, 6.45) is 0. The van der Waals surface area contributed by atoms with Gasteiger partial charge in [0, 0.05) is 0 Å². The van der Waals surface area contributed by atoms with Crippen molar-refractivity contribution in [1.29, 1.82) is 0 Å². The Hall–Kier alpha value is -1.93. The van der Waals surface area contributed by atoms with Gasteiger partial charge in [0.1, 0.15) is 11.4 Å². The maximum Gasteiger partial charge on any atom is 0.288 e. The van der Waals surface area contributed by atoms with E-state index in [2.05, 4.69) is 12.1 Å². The topological polar surface area (TPSA) is 42.9 Å². The normalized spacial score (nSPS) is 11.5. The predicted octanol–water partition coefficient (Wildman–Crippen LogP) is 5.72. The summed E-state index contributed by atoms with van der Waals surface area (Å²) in [5, 5.41) is 4.10. The molecule has 0 aliphatic rings. The molecule has 4 aromatic heterocycles. The number of nitrogens with zero attached hydrogens (tertiary/aromatic N) is 2. The largest absolute Gasteiger partial charge is 0.288 e. The molecule has 24 heavy (non-hydrogen) atoms. The smallest absolute Gasteiger partial charge is 0.265 e. The number of hydrogen-bond donors (Lipinski definition) is 0. The third-order valence-electron chi connectivity index (χ3n) is 3.63. The Labute approximate surface area is 152 Å². The van der Waals surface area contributed by atoms with Crippen LogP contribution in [0.3, 0.4) is 0 Å². The fourth-order valence-electron chi connectivity index (χ4n) is 2.59. The first-order valence-electron chi connectivity index (χ1n) is 7.11. The van der Waals surface area contributed by atoms with Crippen LogP contribution in [0.25, 0.3) is 41.6 Å². The van der Waals surface area contributed by atoms with E-state index in [1.165, 1.54) is 22.7 Å². The van der Waals surface area contributed by atoms with E-state index in [0.717, 1.165) is 41.6 Å². The molecule has 116 valence electrons. The average Bonchev–Trinajstić information content (AvgIpc) is 3.31. The third-order valence-corrected chi connectivity index (χ3v) is 7.46. The molecule has 5 aromatic rings. The Morgan fingerprint density at radius 2 is 1.25 bits per heavy atom. The van der Waals surface area contributed by atoms with Gasteiger partial charge < -0.3 is 0 Å². The van der Waals surface area contributed by atoms with Gasteiger partial charge in [0.05, 0.1) is 30.2 Å². The van der Waals surface area contributed by atoms with Gasteiger partial charge in [0.15, 0.2) is 0 Å². The van der Waals surface area contributed by atoms with Gasteiger partial charge in [-0.05, 0) is 35.0 Å². The molecule has 5 rings (SSSR count). The van der Waals surface area contributed by atoms with Crippen molar-refractivity contribution >= 4 is 65.8 Å². The van der Waals surface area contributed by atoms with Gasteiger partial charge in [-0.3, -0.25) is 4.79 Å². The summed E-state index contributed by atoms with van der Waals surface area (Å²) in [5.41, 5.74) is 3.48. The molecule has 0 N–H and O–H groups in total. The van der Waals surface area contributed by atoms with Crippen molar-refractivity contribution in [3.8, 4) is 21.1 Å². The molecule has 0 unspecified atom stereocenters. The molecule has 0 aliphatic heterocycles. The lowest BCUT2D eigenvalue weighted by Gasteiger charge is -2.07. The van der Waals surface area contributed by atoms with Gasteiger partial charge in [-0.1, -0.05) is 34.8 Å². The molecule has 0 amide bonds. The maximum absolute atomic E-state index is 11.7. The van der Waals surface area contributed by atoms with E-state index in [1.54, 1.807) is 22.7 Å². The average molecular weight is 385 g/mol. The van der Waals surface area contributed by atoms with E-state index < -0.39 is 0 Å². The fraction of sp³-hybridized carbons (Fsp3) is 0. The van der Waals surface area contributed by atoms with Gasteiger partial charge in [-0.25, -0.2) is 9.97 Å². The molecule has 0 atom stereocenters. The molecule has 0 fully saturated rings. The first kappa shape index (κ1) is 14.4. The van der Waals surface area contributed by atoms with Crippen molar-refractivity contribution in [2.45, 2.75) is 0 Å². The minimum absolute atomic E-state index is 0.109. The van der Waals surface area contributed by atoms with Crippen LogP contribution in [0.15, 0.2) is 52.0 Å². The molecule has 0 saturated heterocycles. The highest BCUT2D eigenvalue weighted by Crippen LogP contribution is 2.36. The Bertz CT molecular complexity index is 1120. The van der Waals surface area contributed by atoms with E-state index >= 15 is 0 Å². The van der Waals surface area contributed by atoms with Crippen LogP contribution in [-0.4, -0.2) is 9.97 Å². The summed E-state index contributed by atoms with van der Waals surface area (Å²) >= 11 is 5.87. The summed E-state index contributed by atoms with van der Waals surface area (Å²) in [5.74, 6) is 0. The SMILES string of the molecule is O=c1sc2cc3nc(-c4cccs4)c(-c4cccs4)nc3cc2s1. The van der Waals surface area contributed by atoms with Crippen LogP contribution in [0.1, 0.15) is 0 Å². The molecule has 0 saturated carbocycles. The van der Waals surface area contributed by atoms with Crippen molar-refractivity contribution in [3.63, 3.8) is 0 Å². The molecular formula is C17H8N2OS4. The van der Waals surface area contributed by atoms with Gasteiger partial charge in [-0.15, -0.1) is 22.7 Å². The van der Waals surface area contributed by atoms with Crippen molar-refractivity contribution in [1.82, 2.24) is 9.97 Å². The number of thiophene rings is 2. The van der Waals surface area contributed by atoms with Crippen molar-refractivity contribution in [2.24, 2.45) is 0 Å². The number of benzene rings is 1. The Balaban J connectivity index is 1.88. The summed E-state index contributed by atoms with van der Waals surface area (Å²) in [6, 6.07) is 12.2. The molecule has 0 bridgehead atoms. The minimum Gasteiger partial charge on any atom is -0.265 e. The lowest BCUT2D eigenvalue weighted by molar-refractivity contribution is 1.32. The van der Waals surface area contributed by atoms with E-state index in [1.807, 2.05) is 35.0 Å². The third kappa shape index (κ3) is 2.32. The van der Waals surface area contributed by atoms with Gasteiger partial charge in [-0.2, -0.15) is 0 Å². The monoisotopic (exact) mass is 384 g/mol. The summed E-state index contributed by atoms with van der Waals surface area (Å²) in [7, 11) is 0. The molecule has 7 heteroatoms. The van der Waals surface area contributed by atoms with Crippen LogP contribution < -0.4 is 4.06 Å². The van der Waals surface area contributed by atoms with Gasteiger partial charge in [0.25, 0.3) is 4.06 Å². The number of hydrogen-bond acceptors (Lipinski definition) is 7. The molecule has 1 aromatic carbocycles. The number of aromatic nitrogens is 2. The van der Waals surface area contributed by atoms with Crippen LogP contribution in [0.5, 0.6) is 0 Å². The van der Waals surface area contributed by atoms with Crippen molar-refractivity contribution in [3.05, 3.63) is 56.0 Å². The second kappa shape index (κ2) is 5.56. The highest BCUT2D eigenvalue weighted by molar-refractivity contribution is 7.35. The van der Waals surface area contributed by atoms with E-state index in [-0.39, 0.29) is 4.06 Å². The molecule has 0 spiro atoms. The van der Waals surface area contributed by atoms with Crippen LogP contribution >= 0.6 is 45.3 Å². The second-order valence-corrected chi connectivity index (χ2v) is 9.30. The zero-order valence-electron chi connectivity index (χ0n) is 12.1. The van der Waals surface area contributed by atoms with Crippen LogP contribution in [0, 0.1) is 0 Å². The predicted molar refractivity (Wildman–Crippen MR) is 106 cm³/mol. The van der Waals surface area contributed by atoms with Gasteiger partial charge in [0.2, 0.25) is 0 Å². The zero-order valence-corrected chi connectivity index (χ0v) is 15.3. The first-order chi connectivity index (χ1) is 11.8. The standard InChI is InChI=1S/C17H8N2OS4/c20-17-23-13-7-9-10(8-14(13)24-17)19-16(12-4-2-6-22-12)15(18-9)11-3-1-5-21-11/h1-8H. The number of rotatable bonds is 2. The van der Waals surface area contributed by atoms with E-state index in [9.17, 15) is 4.79 Å². The van der Waals surface area contributed by atoms with E-state index in [0.29, 0.717) is 0 Å². The summed E-state index contributed by atoms with van der Waals surface area (Å²) in [4.78, 5) is 23.7. The van der Waals surface area contributed by atoms with Crippen molar-refractivity contribution in [2.75, 3.05) is 0 Å². The highest BCUT2D eigenvalue weighted by Gasteiger charge is 2.15. The minimum atomic E-state index is 0.109. The molecule has 0 aliphatic carbocycles. The second-order valence-electron chi connectivity index (χ2n) is 5.12. The molecule has 4 heterocycles. The van der Waals surface area contributed by atoms with Gasteiger partial charge >= 0.3 is 0 Å². The maximum atomic E-state index is 11.7. The number of fused-ring (bicyclic) bond motifs is 2. The van der Waals surface area contributed by atoms with Crippen LogP contribution in [0.4, 0.5) is 0 Å².